The fourth-order valence-corrected chi connectivity index (χ4v) is 5.18. The third kappa shape index (κ3) is 3.63. The summed E-state index contributed by atoms with van der Waals surface area (Å²) in [6.45, 7) is 5.52. The first-order chi connectivity index (χ1) is 13.4. The number of sulfone groups is 1. The Hall–Kier alpha value is -3.15. The molecule has 6 nitrogen and oxygen atoms in total. The standard InChI is InChI=1S/C20H16N2O4S2/c1-3-10-22-19(23)17(12-15-5-4-11-26-15)27-20(22)18(13-21)28(24,25)16-8-6-14(2)7-9-16/h3-9,11-12H,1,10H2,2H3/b17-12-,20-18-. The molecule has 142 valence electrons. The van der Waals surface area contributed by atoms with E-state index in [1.807, 2.05) is 6.92 Å². The van der Waals surface area contributed by atoms with Gasteiger partial charge in [0.25, 0.3) is 5.56 Å². The molecule has 0 saturated carbocycles. The molecule has 0 atom stereocenters. The van der Waals surface area contributed by atoms with Gasteiger partial charge in [-0.2, -0.15) is 5.26 Å². The van der Waals surface area contributed by atoms with Crippen LogP contribution in [0.25, 0.3) is 11.0 Å². The second-order valence-corrected chi connectivity index (χ2v) is 8.81. The molecule has 0 spiro atoms. The highest BCUT2D eigenvalue weighted by molar-refractivity contribution is 8.00. The number of nitriles is 1. The fraction of sp³-hybridized carbons (Fsp3) is 0.100. The summed E-state index contributed by atoms with van der Waals surface area (Å²) < 4.78 is 32.9. The van der Waals surface area contributed by atoms with Gasteiger partial charge in [-0.3, -0.25) is 9.36 Å². The summed E-state index contributed by atoms with van der Waals surface area (Å²) in [5.74, 6) is 0.454. The van der Waals surface area contributed by atoms with Crippen LogP contribution in [-0.4, -0.2) is 13.0 Å². The minimum Gasteiger partial charge on any atom is -0.465 e. The zero-order chi connectivity index (χ0) is 20.3. The number of hydrogen-bond acceptors (Lipinski definition) is 6. The van der Waals surface area contributed by atoms with Gasteiger partial charge >= 0.3 is 0 Å². The second kappa shape index (κ2) is 7.84. The first-order valence-corrected chi connectivity index (χ1v) is 10.5. The SMILES string of the molecule is C=CCn1c(=O)/c(=C/c2ccco2)s/c1=C(/C#N)S(=O)(=O)c1ccc(C)cc1. The van der Waals surface area contributed by atoms with Crippen molar-refractivity contribution in [1.29, 1.82) is 5.26 Å². The molecule has 0 fully saturated rings. The Morgan fingerprint density at radius 1 is 1.32 bits per heavy atom. The zero-order valence-electron chi connectivity index (χ0n) is 15.0. The Morgan fingerprint density at radius 3 is 2.61 bits per heavy atom. The number of benzene rings is 1. The lowest BCUT2D eigenvalue weighted by Gasteiger charge is -2.04. The van der Waals surface area contributed by atoms with Crippen molar-refractivity contribution in [1.82, 2.24) is 4.57 Å². The van der Waals surface area contributed by atoms with Crippen LogP contribution in [0.5, 0.6) is 0 Å². The quantitative estimate of drug-likeness (QED) is 0.597. The lowest BCUT2D eigenvalue weighted by atomic mass is 10.2. The number of nitrogens with zero attached hydrogens (tertiary/aromatic N) is 2. The van der Waals surface area contributed by atoms with Gasteiger partial charge in [0.05, 0.1) is 15.7 Å². The summed E-state index contributed by atoms with van der Waals surface area (Å²) in [6.07, 6.45) is 4.46. The lowest BCUT2D eigenvalue weighted by molar-refractivity contribution is 0.556. The van der Waals surface area contributed by atoms with Crippen LogP contribution in [-0.2, 0) is 16.4 Å². The smallest absolute Gasteiger partial charge is 0.269 e. The van der Waals surface area contributed by atoms with Gasteiger partial charge in [0.1, 0.15) is 16.5 Å². The summed E-state index contributed by atoms with van der Waals surface area (Å²) in [5.41, 5.74) is 0.482. The van der Waals surface area contributed by atoms with Crippen LogP contribution in [0.2, 0.25) is 0 Å². The van der Waals surface area contributed by atoms with Crippen molar-refractivity contribution >= 4 is 32.2 Å². The van der Waals surface area contributed by atoms with Crippen LogP contribution in [0, 0.1) is 18.3 Å². The Labute approximate surface area is 165 Å². The van der Waals surface area contributed by atoms with Crippen LogP contribution < -0.4 is 14.8 Å². The van der Waals surface area contributed by atoms with Crippen molar-refractivity contribution in [2.75, 3.05) is 0 Å². The third-order valence-corrected chi connectivity index (χ3v) is 6.91. The molecule has 3 aromatic rings. The molecule has 1 aromatic carbocycles. The highest BCUT2D eigenvalue weighted by Crippen LogP contribution is 2.19. The second-order valence-electron chi connectivity index (χ2n) is 5.89. The molecular formula is C20H16N2O4S2. The molecule has 0 aliphatic heterocycles. The van der Waals surface area contributed by atoms with Crippen LogP contribution in [0.4, 0.5) is 0 Å². The average molecular weight is 412 g/mol. The van der Waals surface area contributed by atoms with Gasteiger partial charge in [-0.1, -0.05) is 23.8 Å². The molecule has 0 bridgehead atoms. The number of thiazole rings is 1. The van der Waals surface area contributed by atoms with Crippen molar-refractivity contribution in [2.45, 2.75) is 18.4 Å². The van der Waals surface area contributed by atoms with Gasteiger partial charge in [-0.05, 0) is 31.2 Å². The Morgan fingerprint density at radius 2 is 2.04 bits per heavy atom. The van der Waals surface area contributed by atoms with E-state index in [0.29, 0.717) is 5.76 Å². The number of rotatable bonds is 5. The number of hydrogen-bond donors (Lipinski definition) is 0. The number of furan rings is 1. The first kappa shape index (κ1) is 19.6. The van der Waals surface area contributed by atoms with Crippen molar-refractivity contribution < 1.29 is 12.8 Å². The molecule has 0 amide bonds. The van der Waals surface area contributed by atoms with Gasteiger partial charge in [0.15, 0.2) is 4.91 Å². The number of aromatic nitrogens is 1. The van der Waals surface area contributed by atoms with Crippen LogP contribution in [0.1, 0.15) is 11.3 Å². The zero-order valence-corrected chi connectivity index (χ0v) is 16.6. The minimum absolute atomic E-state index is 0.00258. The van der Waals surface area contributed by atoms with E-state index in [9.17, 15) is 18.5 Å². The van der Waals surface area contributed by atoms with E-state index in [-0.39, 0.29) is 20.6 Å². The van der Waals surface area contributed by atoms with Crippen molar-refractivity contribution in [3.8, 4) is 6.07 Å². The Bertz CT molecular complexity index is 1340. The minimum atomic E-state index is -4.09. The molecular weight excluding hydrogens is 396 g/mol. The fourth-order valence-electron chi connectivity index (χ4n) is 2.54. The molecule has 8 heteroatoms. The van der Waals surface area contributed by atoms with Gasteiger partial charge in [0, 0.05) is 12.6 Å². The topological polar surface area (TPSA) is 93.1 Å². The summed E-state index contributed by atoms with van der Waals surface area (Å²) in [5, 5.41) is 9.65. The molecule has 2 aromatic heterocycles. The van der Waals surface area contributed by atoms with E-state index in [2.05, 4.69) is 6.58 Å². The molecule has 0 unspecified atom stereocenters. The summed E-state index contributed by atoms with van der Waals surface area (Å²) in [4.78, 5) is 12.3. The largest absolute Gasteiger partial charge is 0.465 e. The lowest BCUT2D eigenvalue weighted by Crippen LogP contribution is -2.32. The third-order valence-electron chi connectivity index (χ3n) is 3.93. The Balaban J connectivity index is 2.37. The normalized spacial score (nSPS) is 13.2. The molecule has 28 heavy (non-hydrogen) atoms. The summed E-state index contributed by atoms with van der Waals surface area (Å²) >= 11 is 0.930. The van der Waals surface area contributed by atoms with Gasteiger partial charge in [-0.25, -0.2) is 8.42 Å². The highest BCUT2D eigenvalue weighted by atomic mass is 32.2. The molecule has 0 saturated heterocycles. The average Bonchev–Trinajstić information content (AvgIpc) is 3.27. The van der Waals surface area contributed by atoms with E-state index in [0.717, 1.165) is 16.9 Å². The maximum Gasteiger partial charge on any atom is 0.269 e. The molecule has 3 rings (SSSR count). The molecule has 2 heterocycles. The predicted octanol–water partition coefficient (Wildman–Crippen LogP) is 1.93. The Kier molecular flexibility index (Phi) is 5.49. The highest BCUT2D eigenvalue weighted by Gasteiger charge is 2.24. The molecule has 0 aliphatic carbocycles. The van der Waals surface area contributed by atoms with E-state index in [1.54, 1.807) is 30.3 Å². The van der Waals surface area contributed by atoms with Gasteiger partial charge in [-0.15, -0.1) is 17.9 Å². The van der Waals surface area contributed by atoms with E-state index in [1.165, 1.54) is 35.1 Å². The first-order valence-electron chi connectivity index (χ1n) is 8.20. The van der Waals surface area contributed by atoms with E-state index >= 15 is 0 Å². The monoisotopic (exact) mass is 412 g/mol. The van der Waals surface area contributed by atoms with Gasteiger partial charge < -0.3 is 4.42 Å². The molecule has 0 N–H and O–H groups in total. The van der Waals surface area contributed by atoms with Crippen LogP contribution in [0.3, 0.4) is 0 Å². The predicted molar refractivity (Wildman–Crippen MR) is 108 cm³/mol. The van der Waals surface area contributed by atoms with Gasteiger partial charge in [0.2, 0.25) is 9.84 Å². The van der Waals surface area contributed by atoms with E-state index < -0.39 is 20.3 Å². The van der Waals surface area contributed by atoms with Crippen molar-refractivity contribution in [3.05, 3.63) is 86.2 Å². The van der Waals surface area contributed by atoms with E-state index in [4.69, 9.17) is 4.42 Å². The molecule has 0 radical (unpaired) electrons. The maximum atomic E-state index is 13.0. The van der Waals surface area contributed by atoms with Crippen LogP contribution in [0.15, 0.2) is 69.4 Å². The summed E-state index contributed by atoms with van der Waals surface area (Å²) in [7, 11) is -4.09. The summed E-state index contributed by atoms with van der Waals surface area (Å²) in [6, 6.07) is 11.3. The van der Waals surface area contributed by atoms with Crippen molar-refractivity contribution in [2.24, 2.45) is 0 Å². The number of aryl methyl sites for hydroxylation is 1. The molecule has 0 aliphatic rings. The van der Waals surface area contributed by atoms with Crippen LogP contribution >= 0.6 is 11.3 Å². The van der Waals surface area contributed by atoms with Crippen molar-refractivity contribution in [3.63, 3.8) is 0 Å². The maximum absolute atomic E-state index is 13.0. The number of allylic oxidation sites excluding steroid dienone is 1.